The minimum absolute atomic E-state index is 0.186. The van der Waals surface area contributed by atoms with E-state index in [0.717, 1.165) is 6.42 Å². The lowest BCUT2D eigenvalue weighted by molar-refractivity contribution is 0.0304. The number of carbonyl (C=O) groups excluding carboxylic acids is 1. The number of hydrogen-bond acceptors (Lipinski definition) is 2. The van der Waals surface area contributed by atoms with E-state index in [1.54, 1.807) is 0 Å². The molecule has 26 heavy (non-hydrogen) atoms. The van der Waals surface area contributed by atoms with Crippen LogP contribution in [0.15, 0.2) is 24.3 Å². The summed E-state index contributed by atoms with van der Waals surface area (Å²) in [7, 11) is 0. The molecule has 0 N–H and O–H groups in total. The first-order valence-electron chi connectivity index (χ1n) is 10.9. The van der Waals surface area contributed by atoms with E-state index in [-0.39, 0.29) is 5.97 Å². The molecule has 4 rings (SSSR count). The van der Waals surface area contributed by atoms with Crippen molar-refractivity contribution in [1.29, 1.82) is 0 Å². The van der Waals surface area contributed by atoms with Gasteiger partial charge in [-0.3, -0.25) is 0 Å². The summed E-state index contributed by atoms with van der Waals surface area (Å²) in [6.45, 7) is 4.82. The lowest BCUT2D eigenvalue weighted by Gasteiger charge is -2.54. The van der Waals surface area contributed by atoms with Gasteiger partial charge < -0.3 is 4.74 Å². The van der Waals surface area contributed by atoms with Crippen molar-refractivity contribution in [3.8, 4) is 0 Å². The Balaban J connectivity index is 1.59. The molecule has 0 radical (unpaired) electrons. The number of esters is 1. The third-order valence-corrected chi connectivity index (χ3v) is 7.13. The number of carbonyl (C=O) groups is 1. The van der Waals surface area contributed by atoms with Crippen LogP contribution in [0.1, 0.15) is 107 Å². The van der Waals surface area contributed by atoms with Crippen molar-refractivity contribution in [2.75, 3.05) is 6.61 Å². The van der Waals surface area contributed by atoms with E-state index >= 15 is 0 Å². The molecule has 0 atom stereocenters. The second kappa shape index (κ2) is 8.59. The molecule has 0 aliphatic heterocycles. The van der Waals surface area contributed by atoms with Gasteiger partial charge in [-0.1, -0.05) is 51.7 Å². The fraction of sp³-hybridized carbons (Fsp3) is 0.708. The molecule has 0 saturated heterocycles. The quantitative estimate of drug-likeness (QED) is 0.358. The lowest BCUT2D eigenvalue weighted by atomic mass is 9.51. The van der Waals surface area contributed by atoms with E-state index in [1.165, 1.54) is 76.2 Å². The Bertz CT molecular complexity index is 562. The molecular formula is C24H36O2. The van der Waals surface area contributed by atoms with E-state index < -0.39 is 0 Å². The summed E-state index contributed by atoms with van der Waals surface area (Å²) >= 11 is 0. The summed E-state index contributed by atoms with van der Waals surface area (Å²) in [6, 6.07) is 8.34. The number of unbranched alkanes of at least 4 members (excludes halogenated alkanes) is 3. The van der Waals surface area contributed by atoms with Crippen LogP contribution in [0.3, 0.4) is 0 Å². The third-order valence-electron chi connectivity index (χ3n) is 7.13. The van der Waals surface area contributed by atoms with Gasteiger partial charge in [0.25, 0.3) is 0 Å². The lowest BCUT2D eigenvalue weighted by Crippen LogP contribution is -2.44. The van der Waals surface area contributed by atoms with Crippen LogP contribution in [0.2, 0.25) is 0 Å². The van der Waals surface area contributed by atoms with Gasteiger partial charge in [-0.15, -0.1) is 0 Å². The fourth-order valence-corrected chi connectivity index (χ4v) is 5.24. The Morgan fingerprint density at radius 2 is 1.54 bits per heavy atom. The highest BCUT2D eigenvalue weighted by atomic mass is 16.5. The normalized spacial score (nSPS) is 27.5. The molecule has 0 aromatic heterocycles. The first-order chi connectivity index (χ1) is 12.6. The third kappa shape index (κ3) is 4.15. The average Bonchev–Trinajstić information content (AvgIpc) is 2.71. The highest BCUT2D eigenvalue weighted by Crippen LogP contribution is 2.59. The monoisotopic (exact) mass is 356 g/mol. The van der Waals surface area contributed by atoms with E-state index in [4.69, 9.17) is 4.74 Å². The van der Waals surface area contributed by atoms with E-state index in [0.29, 0.717) is 23.0 Å². The number of rotatable bonds is 9. The molecular weight excluding hydrogens is 320 g/mol. The highest BCUT2D eigenvalue weighted by Gasteiger charge is 2.48. The van der Waals surface area contributed by atoms with Crippen LogP contribution in [-0.4, -0.2) is 12.6 Å². The summed E-state index contributed by atoms with van der Waals surface area (Å²) in [5.41, 5.74) is 3.16. The molecule has 1 aromatic rings. The first-order valence-corrected chi connectivity index (χ1v) is 10.9. The molecule has 2 bridgehead atoms. The van der Waals surface area contributed by atoms with Crippen molar-refractivity contribution >= 4 is 5.97 Å². The van der Waals surface area contributed by atoms with Crippen molar-refractivity contribution in [2.24, 2.45) is 5.41 Å². The number of benzene rings is 1. The molecule has 0 heterocycles. The number of ether oxygens (including phenoxy) is 1. The predicted octanol–water partition coefficient (Wildman–Crippen LogP) is 6.82. The Morgan fingerprint density at radius 1 is 0.885 bits per heavy atom. The Hall–Kier alpha value is -1.31. The number of hydrogen-bond donors (Lipinski definition) is 0. The second-order valence-corrected chi connectivity index (χ2v) is 8.80. The highest BCUT2D eigenvalue weighted by molar-refractivity contribution is 5.89. The van der Waals surface area contributed by atoms with Crippen molar-refractivity contribution in [3.63, 3.8) is 0 Å². The Labute approximate surface area is 159 Å². The van der Waals surface area contributed by atoms with Gasteiger partial charge in [0, 0.05) is 0 Å². The van der Waals surface area contributed by atoms with Crippen molar-refractivity contribution in [3.05, 3.63) is 35.4 Å². The van der Waals surface area contributed by atoms with Crippen molar-refractivity contribution in [2.45, 2.75) is 96.3 Å². The van der Waals surface area contributed by atoms with Crippen LogP contribution in [-0.2, 0) is 10.2 Å². The van der Waals surface area contributed by atoms with Gasteiger partial charge in [0.15, 0.2) is 0 Å². The van der Waals surface area contributed by atoms with E-state index in [9.17, 15) is 4.79 Å². The molecule has 3 aliphatic rings. The molecule has 3 aliphatic carbocycles. The topological polar surface area (TPSA) is 26.3 Å². The zero-order chi connectivity index (χ0) is 18.5. The molecule has 1 aromatic carbocycles. The first kappa shape index (κ1) is 19.5. The summed E-state index contributed by atoms with van der Waals surface area (Å²) in [5, 5.41) is 0. The van der Waals surface area contributed by atoms with E-state index in [2.05, 4.69) is 19.1 Å². The molecule has 2 heteroatoms. The predicted molar refractivity (Wildman–Crippen MR) is 108 cm³/mol. The van der Waals surface area contributed by atoms with Crippen LogP contribution in [0.4, 0.5) is 0 Å². The van der Waals surface area contributed by atoms with Crippen LogP contribution >= 0.6 is 0 Å². The molecule has 0 amide bonds. The van der Waals surface area contributed by atoms with Crippen molar-refractivity contribution < 1.29 is 9.53 Å². The SMILES string of the molecule is CCCCCCC12CCC(c3ccc(C(=O)OCCC)cc3)(CC1)CC2. The molecule has 0 unspecified atom stereocenters. The molecule has 3 saturated carbocycles. The minimum Gasteiger partial charge on any atom is -0.462 e. The van der Waals surface area contributed by atoms with Gasteiger partial charge in [0.1, 0.15) is 0 Å². The van der Waals surface area contributed by atoms with Crippen LogP contribution < -0.4 is 0 Å². The molecule has 144 valence electrons. The summed E-state index contributed by atoms with van der Waals surface area (Å²) in [6.07, 6.45) is 16.1. The maximum Gasteiger partial charge on any atom is 0.338 e. The summed E-state index contributed by atoms with van der Waals surface area (Å²) in [4.78, 5) is 12.0. The van der Waals surface area contributed by atoms with Crippen LogP contribution in [0.25, 0.3) is 0 Å². The average molecular weight is 357 g/mol. The van der Waals surface area contributed by atoms with E-state index in [1.807, 2.05) is 19.1 Å². The zero-order valence-corrected chi connectivity index (χ0v) is 16.8. The maximum atomic E-state index is 12.0. The van der Waals surface area contributed by atoms with Gasteiger partial charge in [0.2, 0.25) is 0 Å². The smallest absolute Gasteiger partial charge is 0.338 e. The summed E-state index contributed by atoms with van der Waals surface area (Å²) in [5.74, 6) is -0.186. The van der Waals surface area contributed by atoms with Gasteiger partial charge >= 0.3 is 5.97 Å². The molecule has 3 fully saturated rings. The second-order valence-electron chi connectivity index (χ2n) is 8.80. The summed E-state index contributed by atoms with van der Waals surface area (Å²) < 4.78 is 5.25. The maximum absolute atomic E-state index is 12.0. The van der Waals surface area contributed by atoms with Crippen molar-refractivity contribution in [1.82, 2.24) is 0 Å². The van der Waals surface area contributed by atoms with Gasteiger partial charge in [-0.05, 0) is 79.9 Å². The fourth-order valence-electron chi connectivity index (χ4n) is 5.24. The largest absolute Gasteiger partial charge is 0.462 e. The van der Waals surface area contributed by atoms with Gasteiger partial charge in [0.05, 0.1) is 12.2 Å². The van der Waals surface area contributed by atoms with Crippen LogP contribution in [0.5, 0.6) is 0 Å². The number of fused-ring (bicyclic) bond motifs is 3. The van der Waals surface area contributed by atoms with Gasteiger partial charge in [-0.25, -0.2) is 4.79 Å². The zero-order valence-electron chi connectivity index (χ0n) is 16.8. The van der Waals surface area contributed by atoms with Crippen LogP contribution in [0, 0.1) is 5.41 Å². The Morgan fingerprint density at radius 3 is 2.12 bits per heavy atom. The standard InChI is InChI=1S/C24H36O2/c1-3-5-6-7-12-23-13-16-24(17-14-23,18-15-23)21-10-8-20(9-11-21)22(25)26-19-4-2/h8-11H,3-7,12-19H2,1-2H3. The molecule has 2 nitrogen and oxygen atoms in total. The Kier molecular flexibility index (Phi) is 6.42. The molecule has 0 spiro atoms. The minimum atomic E-state index is -0.186. The van der Waals surface area contributed by atoms with Gasteiger partial charge in [-0.2, -0.15) is 0 Å².